The Morgan fingerprint density at radius 3 is 2.39 bits per heavy atom. The summed E-state index contributed by atoms with van der Waals surface area (Å²) in [5.74, 6) is 1.39. The van der Waals surface area contributed by atoms with Crippen molar-refractivity contribution in [2.45, 2.75) is 26.4 Å². The number of nitrogens with two attached hydrogens (primary N) is 1. The molecule has 0 saturated heterocycles. The molecule has 0 aromatic heterocycles. The van der Waals surface area contributed by atoms with E-state index in [-0.39, 0.29) is 0 Å². The van der Waals surface area contributed by atoms with Gasteiger partial charge in [-0.05, 0) is 23.6 Å². The van der Waals surface area contributed by atoms with Gasteiger partial charge in [-0.1, -0.05) is 50.2 Å². The first-order valence-electron chi connectivity index (χ1n) is 6.23. The lowest BCUT2D eigenvalue weighted by molar-refractivity contribution is 0.302. The average molecular weight is 241 g/mol. The fraction of sp³-hybridized carbons (Fsp3) is 0.250. The van der Waals surface area contributed by atoms with Crippen LogP contribution in [0.4, 0.5) is 5.69 Å². The van der Waals surface area contributed by atoms with Gasteiger partial charge in [-0.2, -0.15) is 0 Å². The van der Waals surface area contributed by atoms with Crippen LogP contribution in [0.5, 0.6) is 5.75 Å². The van der Waals surface area contributed by atoms with E-state index in [0.29, 0.717) is 12.5 Å². The van der Waals surface area contributed by atoms with Crippen LogP contribution in [0.15, 0.2) is 48.5 Å². The summed E-state index contributed by atoms with van der Waals surface area (Å²) in [5, 5.41) is 0. The molecule has 2 aromatic carbocycles. The number of benzene rings is 2. The van der Waals surface area contributed by atoms with Crippen molar-refractivity contribution < 1.29 is 4.74 Å². The molecule has 0 aliphatic heterocycles. The van der Waals surface area contributed by atoms with E-state index in [1.54, 1.807) is 0 Å². The lowest BCUT2D eigenvalue weighted by Gasteiger charge is -2.14. The minimum absolute atomic E-state index is 0.453. The molecule has 2 heteroatoms. The second-order valence-corrected chi connectivity index (χ2v) is 4.68. The zero-order chi connectivity index (χ0) is 13.0. The van der Waals surface area contributed by atoms with Crippen molar-refractivity contribution in [3.05, 3.63) is 59.7 Å². The minimum atomic E-state index is 0.453. The number of hydrogen-bond acceptors (Lipinski definition) is 2. The first-order valence-corrected chi connectivity index (χ1v) is 6.23. The molecule has 18 heavy (non-hydrogen) atoms. The van der Waals surface area contributed by atoms with Gasteiger partial charge < -0.3 is 10.5 Å². The van der Waals surface area contributed by atoms with Crippen molar-refractivity contribution >= 4 is 5.69 Å². The maximum atomic E-state index is 5.90. The van der Waals surface area contributed by atoms with E-state index in [1.807, 2.05) is 42.5 Å². The van der Waals surface area contributed by atoms with Gasteiger partial charge in [0, 0.05) is 11.3 Å². The molecule has 2 aromatic rings. The summed E-state index contributed by atoms with van der Waals surface area (Å²) < 4.78 is 5.89. The number of para-hydroxylation sites is 2. The molecule has 0 bridgehead atoms. The van der Waals surface area contributed by atoms with E-state index in [1.165, 1.54) is 5.56 Å². The molecule has 2 nitrogen and oxygen atoms in total. The van der Waals surface area contributed by atoms with E-state index < -0.39 is 0 Å². The average Bonchev–Trinajstić information content (AvgIpc) is 2.38. The van der Waals surface area contributed by atoms with Crippen LogP contribution < -0.4 is 10.5 Å². The number of hydrogen-bond donors (Lipinski definition) is 1. The van der Waals surface area contributed by atoms with Gasteiger partial charge in [-0.25, -0.2) is 0 Å². The third kappa shape index (κ3) is 2.83. The highest BCUT2D eigenvalue weighted by atomic mass is 16.5. The highest BCUT2D eigenvalue weighted by molar-refractivity contribution is 5.46. The Balaban J connectivity index is 2.14. The van der Waals surface area contributed by atoms with E-state index in [4.69, 9.17) is 10.5 Å². The van der Waals surface area contributed by atoms with Gasteiger partial charge in [0.2, 0.25) is 0 Å². The molecule has 0 amide bonds. The summed E-state index contributed by atoms with van der Waals surface area (Å²) in [4.78, 5) is 0. The van der Waals surface area contributed by atoms with Crippen molar-refractivity contribution in [2.24, 2.45) is 0 Å². The van der Waals surface area contributed by atoms with Crippen LogP contribution in [0.1, 0.15) is 30.9 Å². The first kappa shape index (κ1) is 12.5. The van der Waals surface area contributed by atoms with E-state index in [0.717, 1.165) is 17.0 Å². The molecule has 0 aliphatic carbocycles. The van der Waals surface area contributed by atoms with Crippen molar-refractivity contribution in [1.82, 2.24) is 0 Å². The molecule has 0 fully saturated rings. The summed E-state index contributed by atoms with van der Waals surface area (Å²) >= 11 is 0. The highest BCUT2D eigenvalue weighted by Gasteiger charge is 2.07. The van der Waals surface area contributed by atoms with Crippen LogP contribution in [0.3, 0.4) is 0 Å². The Hall–Kier alpha value is -1.96. The van der Waals surface area contributed by atoms with Gasteiger partial charge in [0.15, 0.2) is 0 Å². The van der Waals surface area contributed by atoms with Gasteiger partial charge >= 0.3 is 0 Å². The van der Waals surface area contributed by atoms with Crippen molar-refractivity contribution in [3.63, 3.8) is 0 Å². The van der Waals surface area contributed by atoms with Crippen molar-refractivity contribution in [1.29, 1.82) is 0 Å². The largest absolute Gasteiger partial charge is 0.489 e. The van der Waals surface area contributed by atoms with Gasteiger partial charge in [-0.15, -0.1) is 0 Å². The number of nitrogen functional groups attached to an aromatic ring is 1. The van der Waals surface area contributed by atoms with Crippen LogP contribution in [0.25, 0.3) is 0 Å². The Labute approximate surface area is 108 Å². The standard InChI is InChI=1S/C16H19NO/c1-12(2)14-8-4-6-10-16(14)18-11-13-7-3-5-9-15(13)17/h3-10,12H,11,17H2,1-2H3. The number of ether oxygens (including phenoxy) is 1. The molecule has 2 rings (SSSR count). The van der Waals surface area contributed by atoms with Gasteiger partial charge in [0.05, 0.1) is 0 Å². The second kappa shape index (κ2) is 5.58. The van der Waals surface area contributed by atoms with E-state index in [2.05, 4.69) is 19.9 Å². The lowest BCUT2D eigenvalue weighted by atomic mass is 10.0. The summed E-state index contributed by atoms with van der Waals surface area (Å²) in [5.41, 5.74) is 8.93. The Morgan fingerprint density at radius 1 is 1.00 bits per heavy atom. The summed E-state index contributed by atoms with van der Waals surface area (Å²) in [6, 6.07) is 15.9. The number of rotatable bonds is 4. The van der Waals surface area contributed by atoms with Crippen LogP contribution in [0, 0.1) is 0 Å². The summed E-state index contributed by atoms with van der Waals surface area (Å²) in [6.45, 7) is 4.84. The monoisotopic (exact) mass is 241 g/mol. The summed E-state index contributed by atoms with van der Waals surface area (Å²) in [7, 11) is 0. The minimum Gasteiger partial charge on any atom is -0.489 e. The lowest BCUT2D eigenvalue weighted by Crippen LogP contribution is -2.02. The fourth-order valence-electron chi connectivity index (χ4n) is 1.91. The molecular formula is C16H19NO. The Kier molecular flexibility index (Phi) is 3.88. The van der Waals surface area contributed by atoms with E-state index in [9.17, 15) is 0 Å². The molecule has 0 spiro atoms. The SMILES string of the molecule is CC(C)c1ccccc1OCc1ccccc1N. The molecule has 0 radical (unpaired) electrons. The predicted octanol–water partition coefficient (Wildman–Crippen LogP) is 3.97. The molecule has 0 atom stereocenters. The molecule has 0 aliphatic rings. The molecular weight excluding hydrogens is 222 g/mol. The molecule has 0 unspecified atom stereocenters. The van der Waals surface area contributed by atoms with Gasteiger partial charge in [-0.3, -0.25) is 0 Å². The second-order valence-electron chi connectivity index (χ2n) is 4.68. The van der Waals surface area contributed by atoms with E-state index >= 15 is 0 Å². The number of anilines is 1. The molecule has 94 valence electrons. The predicted molar refractivity (Wildman–Crippen MR) is 75.7 cm³/mol. The normalized spacial score (nSPS) is 10.6. The fourth-order valence-corrected chi connectivity index (χ4v) is 1.91. The third-order valence-electron chi connectivity index (χ3n) is 2.98. The maximum absolute atomic E-state index is 5.90. The van der Waals surface area contributed by atoms with Crippen LogP contribution >= 0.6 is 0 Å². The van der Waals surface area contributed by atoms with Crippen LogP contribution in [-0.2, 0) is 6.61 Å². The molecule has 2 N–H and O–H groups in total. The van der Waals surface area contributed by atoms with Gasteiger partial charge in [0.25, 0.3) is 0 Å². The van der Waals surface area contributed by atoms with Crippen LogP contribution in [-0.4, -0.2) is 0 Å². The Morgan fingerprint density at radius 2 is 1.67 bits per heavy atom. The maximum Gasteiger partial charge on any atom is 0.123 e. The van der Waals surface area contributed by atoms with Crippen molar-refractivity contribution in [3.8, 4) is 5.75 Å². The zero-order valence-corrected chi connectivity index (χ0v) is 10.9. The van der Waals surface area contributed by atoms with Crippen molar-refractivity contribution in [2.75, 3.05) is 5.73 Å². The smallest absolute Gasteiger partial charge is 0.123 e. The highest BCUT2D eigenvalue weighted by Crippen LogP contribution is 2.27. The molecule has 0 heterocycles. The first-order chi connectivity index (χ1) is 8.68. The quantitative estimate of drug-likeness (QED) is 0.822. The van der Waals surface area contributed by atoms with Crippen LogP contribution in [0.2, 0.25) is 0 Å². The summed E-state index contributed by atoms with van der Waals surface area (Å²) in [6.07, 6.45) is 0. The zero-order valence-electron chi connectivity index (χ0n) is 10.9. The topological polar surface area (TPSA) is 35.2 Å². The van der Waals surface area contributed by atoms with Gasteiger partial charge in [0.1, 0.15) is 12.4 Å². The third-order valence-corrected chi connectivity index (χ3v) is 2.98. The Bertz CT molecular complexity index is 520. The molecule has 0 saturated carbocycles.